The number of hydrogen-bond acceptors (Lipinski definition) is 11. The number of amides is 1. The van der Waals surface area contributed by atoms with Crippen LogP contribution >= 0.6 is 0 Å². The van der Waals surface area contributed by atoms with Crippen LogP contribution in [0.2, 0.25) is 0 Å². The number of ether oxygens (including phenoxy) is 2. The maximum atomic E-state index is 14.1. The normalized spacial score (nSPS) is 20.6. The second kappa shape index (κ2) is 23.5. The highest BCUT2D eigenvalue weighted by Gasteiger charge is 2.57. The molecule has 0 spiro atoms. The molecule has 77 heavy (non-hydrogen) atoms. The highest BCUT2D eigenvalue weighted by molar-refractivity contribution is 7.94. The fourth-order valence-electron chi connectivity index (χ4n) is 10.5. The lowest BCUT2D eigenvalue weighted by atomic mass is 9.94. The van der Waals surface area contributed by atoms with Crippen molar-refractivity contribution in [1.82, 2.24) is 15.3 Å². The van der Waals surface area contributed by atoms with Crippen LogP contribution in [0.25, 0.3) is 22.3 Å². The zero-order chi connectivity index (χ0) is 55.4. The smallest absolute Gasteiger partial charge is 0.328 e. The number of piperidine rings is 2. The van der Waals surface area contributed by atoms with Gasteiger partial charge in [-0.2, -0.15) is 0 Å². The number of likely N-dealkylation sites (tertiary alicyclic amines) is 2. The van der Waals surface area contributed by atoms with E-state index >= 15 is 0 Å². The lowest BCUT2D eigenvalue weighted by Crippen LogP contribution is -2.58. The number of alkyl halides is 4. The number of carbonyl (C=O) groups excluding carboxylic acids is 2. The molecule has 1 atom stereocenters. The fourth-order valence-corrected chi connectivity index (χ4v) is 14.4. The maximum Gasteiger partial charge on any atom is 0.328 e. The summed E-state index contributed by atoms with van der Waals surface area (Å²) in [5, 5.41) is 0. The van der Waals surface area contributed by atoms with Gasteiger partial charge in [-0.05, 0) is 169 Å². The Labute approximate surface area is 452 Å². The van der Waals surface area contributed by atoms with Crippen LogP contribution < -0.4 is 5.48 Å². The molecule has 0 radical (unpaired) electrons. The van der Waals surface area contributed by atoms with Crippen molar-refractivity contribution in [3.8, 4) is 22.3 Å². The van der Waals surface area contributed by atoms with Crippen LogP contribution in [0.1, 0.15) is 129 Å². The molecule has 3 aliphatic heterocycles. The van der Waals surface area contributed by atoms with Crippen LogP contribution in [0.5, 0.6) is 0 Å². The summed E-state index contributed by atoms with van der Waals surface area (Å²) in [6.07, 6.45) is 7.32. The number of esters is 1. The fraction of sp³-hybridized carbons (Fsp3) is 0.559. The molecule has 2 aliphatic carbocycles. The van der Waals surface area contributed by atoms with E-state index in [0.29, 0.717) is 51.3 Å². The number of nitrogens with one attached hydrogen (secondary N) is 1. The van der Waals surface area contributed by atoms with E-state index in [1.807, 2.05) is 48.5 Å². The third-order valence-corrected chi connectivity index (χ3v) is 20.6. The molecule has 1 N–H and O–H groups in total. The minimum atomic E-state index is -4.06. The number of hydroxylamine groups is 1. The molecule has 5 fully saturated rings. The zero-order valence-corrected chi connectivity index (χ0v) is 46.6. The summed E-state index contributed by atoms with van der Waals surface area (Å²) >= 11 is 0. The van der Waals surface area contributed by atoms with Crippen molar-refractivity contribution in [2.24, 2.45) is 0 Å². The quantitative estimate of drug-likeness (QED) is 0.0576. The van der Waals surface area contributed by atoms with Crippen LogP contribution in [-0.4, -0.2) is 117 Å². The molecule has 3 heterocycles. The van der Waals surface area contributed by atoms with E-state index in [9.17, 15) is 44.0 Å². The van der Waals surface area contributed by atoms with Gasteiger partial charge in [-0.3, -0.25) is 9.59 Å². The number of halogens is 4. The second-order valence-electron chi connectivity index (χ2n) is 23.0. The summed E-state index contributed by atoms with van der Waals surface area (Å²) in [7, 11) is -8.09. The Balaban J connectivity index is 0.000000204. The van der Waals surface area contributed by atoms with Gasteiger partial charge in [0.25, 0.3) is 5.91 Å². The van der Waals surface area contributed by atoms with Gasteiger partial charge in [-0.25, -0.2) is 44.7 Å². The predicted molar refractivity (Wildman–Crippen MR) is 288 cm³/mol. The van der Waals surface area contributed by atoms with E-state index < -0.39 is 64.8 Å². The summed E-state index contributed by atoms with van der Waals surface area (Å²) in [4.78, 5) is 37.3. The van der Waals surface area contributed by atoms with E-state index in [1.54, 1.807) is 69.3 Å². The number of carbonyl (C=O) groups is 2. The van der Waals surface area contributed by atoms with E-state index in [4.69, 9.17) is 14.3 Å². The molecule has 18 heteroatoms. The number of nitrogens with zero attached hydrogens (tertiary/aromatic N) is 2. The van der Waals surface area contributed by atoms with E-state index in [1.165, 1.54) is 0 Å². The molecule has 420 valence electrons. The molecule has 0 aromatic heterocycles. The molecule has 4 aromatic carbocycles. The summed E-state index contributed by atoms with van der Waals surface area (Å²) in [6, 6.07) is 28.7. The van der Waals surface area contributed by atoms with Crippen LogP contribution in [0, 0.1) is 0 Å². The molecule has 0 bridgehead atoms. The summed E-state index contributed by atoms with van der Waals surface area (Å²) in [6.45, 7) is 9.80. The van der Waals surface area contributed by atoms with Gasteiger partial charge in [0.15, 0.2) is 35.5 Å². The van der Waals surface area contributed by atoms with Crippen molar-refractivity contribution in [2.75, 3.05) is 32.8 Å². The number of hydrogen-bond donors (Lipinski definition) is 1. The monoisotopic (exact) mass is 1110 g/mol. The highest BCUT2D eigenvalue weighted by Crippen LogP contribution is 2.43. The Morgan fingerprint density at radius 2 is 0.948 bits per heavy atom. The zero-order valence-electron chi connectivity index (χ0n) is 45.0. The molecular formula is C59H75F4N3O9S2. The molecular weight excluding hydrogens is 1030 g/mol. The van der Waals surface area contributed by atoms with Crippen molar-refractivity contribution in [3.05, 3.63) is 108 Å². The number of rotatable bonds is 18. The van der Waals surface area contributed by atoms with Crippen LogP contribution in [-0.2, 0) is 56.4 Å². The Morgan fingerprint density at radius 3 is 1.30 bits per heavy atom. The number of benzene rings is 4. The first kappa shape index (κ1) is 58.4. The van der Waals surface area contributed by atoms with Gasteiger partial charge >= 0.3 is 5.97 Å². The van der Waals surface area contributed by atoms with Crippen LogP contribution in [0.15, 0.2) is 107 Å². The summed E-state index contributed by atoms with van der Waals surface area (Å²) < 4.78 is 117. The van der Waals surface area contributed by atoms with Gasteiger partial charge in [0.2, 0.25) is 11.8 Å². The third kappa shape index (κ3) is 14.6. The molecule has 4 aromatic rings. The van der Waals surface area contributed by atoms with E-state index in [2.05, 4.69) is 15.3 Å². The molecule has 1 unspecified atom stereocenters. The standard InChI is InChI=1S/C30H38F2N2O5S.C29H37F2NO4S/c1-29(31,32)16-15-22-5-7-23(8-6-22)24-9-13-26(14-10-24)40(36,37)30(17-19-34(20-18-30)25-11-12-25)28(35)33-39-27-4-2-3-21-38-27;1-27(2,3)36-26(33)29(17-19-32(20-18-29)24-11-12-24)37(34,35)25-13-9-23(10-14-25)22-7-5-21(6-8-22)15-16-28(4,30)31/h5-10,13-14,25,27H,2-4,11-12,15-21H2,1H3,(H,33,35);5-10,13-14,24H,11-12,15-20H2,1-4H3. The Bertz CT molecular complexity index is 2860. The van der Waals surface area contributed by atoms with Gasteiger partial charge in [0.05, 0.1) is 9.79 Å². The maximum absolute atomic E-state index is 14.1. The van der Waals surface area contributed by atoms with Gasteiger partial charge in [-0.15, -0.1) is 0 Å². The predicted octanol–water partition coefficient (Wildman–Crippen LogP) is 11.3. The Kier molecular flexibility index (Phi) is 17.9. The van der Waals surface area contributed by atoms with E-state index in [0.717, 1.165) is 85.8 Å². The van der Waals surface area contributed by atoms with Gasteiger partial charge in [-0.1, -0.05) is 72.8 Å². The second-order valence-corrected chi connectivity index (χ2v) is 27.5. The Hall–Kier alpha value is -4.72. The van der Waals surface area contributed by atoms with Gasteiger partial charge in [0, 0.05) is 64.1 Å². The molecule has 9 rings (SSSR count). The molecule has 5 aliphatic rings. The van der Waals surface area contributed by atoms with Crippen molar-refractivity contribution in [1.29, 1.82) is 0 Å². The topological polar surface area (TPSA) is 149 Å². The van der Waals surface area contributed by atoms with Crippen LogP contribution in [0.4, 0.5) is 17.6 Å². The average molecular weight is 1110 g/mol. The number of aryl methyl sites for hydroxylation is 2. The first-order valence-corrected chi connectivity index (χ1v) is 30.2. The summed E-state index contributed by atoms with van der Waals surface area (Å²) in [5.41, 5.74) is 6.60. The summed E-state index contributed by atoms with van der Waals surface area (Å²) in [5.74, 6) is -6.73. The molecule has 12 nitrogen and oxygen atoms in total. The van der Waals surface area contributed by atoms with Crippen molar-refractivity contribution < 1.29 is 58.3 Å². The van der Waals surface area contributed by atoms with Gasteiger partial charge in [0.1, 0.15) is 5.60 Å². The minimum absolute atomic E-state index is 0.0852. The molecule has 3 saturated heterocycles. The van der Waals surface area contributed by atoms with Crippen molar-refractivity contribution in [2.45, 2.75) is 186 Å². The largest absolute Gasteiger partial charge is 0.459 e. The highest BCUT2D eigenvalue weighted by atomic mass is 32.2. The number of sulfone groups is 2. The third-order valence-electron chi connectivity index (χ3n) is 15.6. The first-order valence-electron chi connectivity index (χ1n) is 27.2. The van der Waals surface area contributed by atoms with Gasteiger partial charge < -0.3 is 19.3 Å². The first-order chi connectivity index (χ1) is 36.3. The Morgan fingerprint density at radius 1 is 0.571 bits per heavy atom. The molecule has 2 saturated carbocycles. The minimum Gasteiger partial charge on any atom is -0.459 e. The van der Waals surface area contributed by atoms with Crippen molar-refractivity contribution in [3.63, 3.8) is 0 Å². The SMILES string of the molecule is CC(F)(F)CCc1ccc(-c2ccc(S(=O)(=O)C3(C(=O)NOC4CCCCO4)CCN(C4CC4)CC3)cc2)cc1.CC(F)(F)CCc1ccc(-c2ccc(S(=O)(=O)C3(C(=O)OC(C)(C)C)CCN(C4CC4)CC3)cc2)cc1. The van der Waals surface area contributed by atoms with E-state index in [-0.39, 0.29) is 61.2 Å². The lowest BCUT2D eigenvalue weighted by Gasteiger charge is -2.40. The lowest BCUT2D eigenvalue weighted by molar-refractivity contribution is -0.202. The van der Waals surface area contributed by atoms with Crippen molar-refractivity contribution >= 4 is 31.6 Å². The molecule has 1 amide bonds. The van der Waals surface area contributed by atoms with Crippen LogP contribution in [0.3, 0.4) is 0 Å². The average Bonchev–Trinajstić information content (AvgIpc) is 4.35.